The minimum Gasteiger partial charge on any atom is -0.378 e. The number of hydrogen-bond acceptors (Lipinski definition) is 8. The molecule has 1 aliphatic rings. The van der Waals surface area contributed by atoms with Crippen molar-refractivity contribution in [3.05, 3.63) is 36.0 Å². The molecule has 176 valence electrons. The number of morpholine rings is 1. The Kier molecular flexibility index (Phi) is 8.26. The van der Waals surface area contributed by atoms with E-state index in [0.29, 0.717) is 50.1 Å². The minimum absolute atomic E-state index is 0.0621. The Morgan fingerprint density at radius 3 is 2.50 bits per heavy atom. The van der Waals surface area contributed by atoms with Crippen LogP contribution in [0, 0.1) is 0 Å². The number of nitrogens with zero attached hydrogens (tertiary/aromatic N) is 4. The minimum atomic E-state index is -2.75. The van der Waals surface area contributed by atoms with Crippen LogP contribution >= 0.6 is 10.6 Å². The third-order valence-electron chi connectivity index (χ3n) is 4.77. The topological polar surface area (TPSA) is 123 Å². The molecule has 0 spiro atoms. The summed E-state index contributed by atoms with van der Waals surface area (Å²) in [6, 6.07) is 8.79. The van der Waals surface area contributed by atoms with Crippen molar-refractivity contribution in [2.24, 2.45) is 0 Å². The second-order valence-corrected chi connectivity index (χ2v) is 10.3. The molecule has 2 amide bonds. The Morgan fingerprint density at radius 1 is 1.19 bits per heavy atom. The standard InChI is InChI=1S/C21H32N6O4S/c1-26(2)9-8-22-21(28)24-17-6-4-16(5-7-17)20-23-18(15-32(3,29)30)14-19(25-20)27-10-12-31-13-11-27/h4-7,14,29-30H,8-13,15H2,1-3H3,(H2,22,24,28). The molecule has 0 bridgehead atoms. The lowest BCUT2D eigenvalue weighted by Crippen LogP contribution is -2.37. The van der Waals surface area contributed by atoms with Crippen molar-refractivity contribution in [2.75, 3.05) is 70.0 Å². The molecule has 1 aromatic heterocycles. The van der Waals surface area contributed by atoms with Gasteiger partial charge in [0.1, 0.15) is 5.82 Å². The van der Waals surface area contributed by atoms with E-state index in [9.17, 15) is 13.9 Å². The van der Waals surface area contributed by atoms with Crippen LogP contribution in [0.1, 0.15) is 5.69 Å². The van der Waals surface area contributed by atoms with Gasteiger partial charge in [-0.3, -0.25) is 9.11 Å². The van der Waals surface area contributed by atoms with E-state index < -0.39 is 10.6 Å². The molecule has 0 aliphatic carbocycles. The van der Waals surface area contributed by atoms with Crippen LogP contribution in [0.25, 0.3) is 11.4 Å². The predicted octanol–water partition coefficient (Wildman–Crippen LogP) is 2.54. The van der Waals surface area contributed by atoms with Gasteiger partial charge in [-0.15, -0.1) is 0 Å². The Labute approximate surface area is 190 Å². The summed E-state index contributed by atoms with van der Waals surface area (Å²) in [6.07, 6.45) is 1.41. The Bertz CT molecular complexity index is 898. The van der Waals surface area contributed by atoms with E-state index >= 15 is 0 Å². The number of hydrogen-bond donors (Lipinski definition) is 4. The first kappa shape index (κ1) is 24.2. The van der Waals surface area contributed by atoms with Gasteiger partial charge in [-0.1, -0.05) is 0 Å². The van der Waals surface area contributed by atoms with E-state index in [2.05, 4.69) is 20.5 Å². The smallest absolute Gasteiger partial charge is 0.319 e. The lowest BCUT2D eigenvalue weighted by atomic mass is 10.2. The molecular weight excluding hydrogens is 432 g/mol. The normalized spacial score (nSPS) is 15.0. The number of likely N-dealkylation sites (N-methyl/N-ethyl adjacent to an activating group) is 1. The van der Waals surface area contributed by atoms with Crippen LogP contribution in [-0.4, -0.2) is 89.7 Å². The quantitative estimate of drug-likeness (QED) is 0.470. The zero-order chi connectivity index (χ0) is 23.1. The maximum atomic E-state index is 12.0. The fraction of sp³-hybridized carbons (Fsp3) is 0.476. The summed E-state index contributed by atoms with van der Waals surface area (Å²) in [4.78, 5) is 25.4. The van der Waals surface area contributed by atoms with Crippen molar-refractivity contribution in [2.45, 2.75) is 5.75 Å². The van der Waals surface area contributed by atoms with Crippen molar-refractivity contribution >= 4 is 28.1 Å². The molecule has 1 aromatic carbocycles. The monoisotopic (exact) mass is 464 g/mol. The summed E-state index contributed by atoms with van der Waals surface area (Å²) >= 11 is 0. The first-order chi connectivity index (χ1) is 15.2. The molecule has 3 rings (SSSR count). The molecule has 1 fully saturated rings. The van der Waals surface area contributed by atoms with Gasteiger partial charge >= 0.3 is 6.03 Å². The maximum absolute atomic E-state index is 12.0. The maximum Gasteiger partial charge on any atom is 0.319 e. The van der Waals surface area contributed by atoms with Crippen molar-refractivity contribution in [1.82, 2.24) is 20.2 Å². The molecule has 1 aliphatic heterocycles. The number of aromatic nitrogens is 2. The molecule has 0 radical (unpaired) electrons. The van der Waals surface area contributed by atoms with Gasteiger partial charge in [-0.2, -0.15) is 10.6 Å². The van der Waals surface area contributed by atoms with Gasteiger partial charge in [0, 0.05) is 49.8 Å². The second-order valence-electron chi connectivity index (χ2n) is 8.04. The molecular formula is C21H32N6O4S. The number of nitrogens with one attached hydrogen (secondary N) is 2. The van der Waals surface area contributed by atoms with Gasteiger partial charge < -0.3 is 25.2 Å². The summed E-state index contributed by atoms with van der Waals surface area (Å²) in [5.41, 5.74) is 2.00. The number of benzene rings is 1. The van der Waals surface area contributed by atoms with Gasteiger partial charge in [0.05, 0.1) is 24.7 Å². The molecule has 0 atom stereocenters. The highest BCUT2D eigenvalue weighted by atomic mass is 32.3. The lowest BCUT2D eigenvalue weighted by Gasteiger charge is -2.30. The third kappa shape index (κ3) is 7.61. The second kappa shape index (κ2) is 10.9. The molecule has 4 N–H and O–H groups in total. The van der Waals surface area contributed by atoms with Crippen molar-refractivity contribution in [1.29, 1.82) is 0 Å². The van der Waals surface area contributed by atoms with Gasteiger partial charge in [0.15, 0.2) is 5.82 Å². The van der Waals surface area contributed by atoms with E-state index in [-0.39, 0.29) is 11.8 Å². The third-order valence-corrected chi connectivity index (χ3v) is 5.61. The molecule has 11 heteroatoms. The summed E-state index contributed by atoms with van der Waals surface area (Å²) in [5.74, 6) is 1.29. The highest BCUT2D eigenvalue weighted by molar-refractivity contribution is 8.23. The zero-order valence-corrected chi connectivity index (χ0v) is 19.6. The number of amides is 2. The molecule has 0 unspecified atom stereocenters. The van der Waals surface area contributed by atoms with E-state index in [1.807, 2.05) is 31.1 Å². The summed E-state index contributed by atoms with van der Waals surface area (Å²) in [6.45, 7) is 3.98. The van der Waals surface area contributed by atoms with Gasteiger partial charge in [-0.25, -0.2) is 14.8 Å². The molecule has 1 saturated heterocycles. The molecule has 32 heavy (non-hydrogen) atoms. The van der Waals surface area contributed by atoms with Crippen molar-refractivity contribution in [3.63, 3.8) is 0 Å². The van der Waals surface area contributed by atoms with Crippen LogP contribution < -0.4 is 15.5 Å². The lowest BCUT2D eigenvalue weighted by molar-refractivity contribution is 0.122. The number of carbonyl (C=O) groups excluding carboxylic acids is 1. The van der Waals surface area contributed by atoms with E-state index in [4.69, 9.17) is 9.72 Å². The van der Waals surface area contributed by atoms with Crippen molar-refractivity contribution in [3.8, 4) is 11.4 Å². The zero-order valence-electron chi connectivity index (χ0n) is 18.7. The van der Waals surface area contributed by atoms with Crippen LogP contribution in [-0.2, 0) is 10.5 Å². The van der Waals surface area contributed by atoms with Crippen LogP contribution in [0.3, 0.4) is 0 Å². The number of anilines is 2. The predicted molar refractivity (Wildman–Crippen MR) is 129 cm³/mol. The molecule has 0 saturated carbocycles. The van der Waals surface area contributed by atoms with E-state index in [1.165, 1.54) is 6.26 Å². The van der Waals surface area contributed by atoms with E-state index in [0.717, 1.165) is 17.9 Å². The number of carbonyl (C=O) groups is 1. The summed E-state index contributed by atoms with van der Waals surface area (Å²) in [5, 5.41) is 5.61. The average molecular weight is 465 g/mol. The van der Waals surface area contributed by atoms with Gasteiger partial charge in [0.25, 0.3) is 0 Å². The average Bonchev–Trinajstić information content (AvgIpc) is 2.73. The van der Waals surface area contributed by atoms with E-state index in [1.54, 1.807) is 18.2 Å². The van der Waals surface area contributed by atoms with Crippen LogP contribution in [0.15, 0.2) is 30.3 Å². The Hall–Kier alpha value is -2.44. The first-order valence-electron chi connectivity index (χ1n) is 10.4. The summed E-state index contributed by atoms with van der Waals surface area (Å²) in [7, 11) is 1.15. The molecule has 2 aromatic rings. The molecule has 2 heterocycles. The highest BCUT2D eigenvalue weighted by Gasteiger charge is 2.18. The number of ether oxygens (including phenoxy) is 1. The number of rotatable bonds is 8. The largest absolute Gasteiger partial charge is 0.378 e. The van der Waals surface area contributed by atoms with Crippen molar-refractivity contribution < 1.29 is 18.6 Å². The van der Waals surface area contributed by atoms with Crippen LogP contribution in [0.2, 0.25) is 0 Å². The van der Waals surface area contributed by atoms with Crippen LogP contribution in [0.4, 0.5) is 16.3 Å². The fourth-order valence-electron chi connectivity index (χ4n) is 3.19. The Balaban J connectivity index is 1.76. The SMILES string of the molecule is CN(C)CCNC(=O)Nc1ccc(-c2nc(CS(C)(O)O)cc(N3CCOCC3)n2)cc1. The van der Waals surface area contributed by atoms with Gasteiger partial charge in [-0.05, 0) is 38.4 Å². The molecule has 10 nitrogen and oxygen atoms in total. The van der Waals surface area contributed by atoms with Gasteiger partial charge in [0.2, 0.25) is 0 Å². The first-order valence-corrected chi connectivity index (χ1v) is 12.5. The fourth-order valence-corrected chi connectivity index (χ4v) is 3.90. The summed E-state index contributed by atoms with van der Waals surface area (Å²) < 4.78 is 25.3. The highest BCUT2D eigenvalue weighted by Crippen LogP contribution is 2.38. The Morgan fingerprint density at radius 2 is 1.88 bits per heavy atom. The number of urea groups is 1. The van der Waals surface area contributed by atoms with Crippen LogP contribution in [0.5, 0.6) is 0 Å².